The number of rotatable bonds is 3. The van der Waals surface area contributed by atoms with Crippen molar-refractivity contribution in [3.63, 3.8) is 0 Å². The molecule has 2 aliphatic rings. The second-order valence-electron chi connectivity index (χ2n) is 6.56. The molecule has 0 aromatic heterocycles. The fraction of sp³-hybridized carbons (Fsp3) is 1.00. The number of hydrogen-bond acceptors (Lipinski definition) is 1. The summed E-state index contributed by atoms with van der Waals surface area (Å²) in [5, 5.41) is 0. The molecule has 0 spiro atoms. The predicted molar refractivity (Wildman–Crippen MR) is 73.0 cm³/mol. The van der Waals surface area contributed by atoms with Crippen molar-refractivity contribution < 1.29 is 4.74 Å². The van der Waals surface area contributed by atoms with Gasteiger partial charge in [0.1, 0.15) is 0 Å². The minimum Gasteiger partial charge on any atom is -0.378 e. The summed E-state index contributed by atoms with van der Waals surface area (Å²) in [6.45, 7) is 7.84. The Balaban J connectivity index is 1.80. The van der Waals surface area contributed by atoms with Crippen LogP contribution < -0.4 is 0 Å². The molecule has 0 saturated heterocycles. The third-order valence-electron chi connectivity index (χ3n) is 5.24. The van der Waals surface area contributed by atoms with Gasteiger partial charge >= 0.3 is 0 Å². The van der Waals surface area contributed by atoms with Crippen molar-refractivity contribution in [3.05, 3.63) is 0 Å². The molecule has 1 nitrogen and oxygen atoms in total. The first-order valence-electron chi connectivity index (χ1n) is 7.82. The Bertz CT molecular complexity index is 218. The predicted octanol–water partition coefficient (Wildman–Crippen LogP) is 4.65. The van der Waals surface area contributed by atoms with E-state index in [-0.39, 0.29) is 0 Å². The topological polar surface area (TPSA) is 9.23 Å². The Morgan fingerprint density at radius 2 is 1.53 bits per heavy atom. The van der Waals surface area contributed by atoms with E-state index >= 15 is 0 Å². The Kier molecular flexibility index (Phi) is 4.90. The van der Waals surface area contributed by atoms with Crippen molar-refractivity contribution in [1.29, 1.82) is 0 Å². The summed E-state index contributed by atoms with van der Waals surface area (Å²) in [6.07, 6.45) is 10.7. The molecular weight excluding hydrogens is 208 g/mol. The normalized spacial score (nSPS) is 43.6. The summed E-state index contributed by atoms with van der Waals surface area (Å²) in [4.78, 5) is 0. The van der Waals surface area contributed by atoms with Gasteiger partial charge in [-0.3, -0.25) is 0 Å². The molecule has 2 saturated carbocycles. The minimum atomic E-state index is 0.554. The first-order chi connectivity index (χ1) is 8.20. The van der Waals surface area contributed by atoms with E-state index in [4.69, 9.17) is 4.74 Å². The fourth-order valence-corrected chi connectivity index (χ4v) is 4.06. The Morgan fingerprint density at radius 3 is 2.12 bits per heavy atom. The van der Waals surface area contributed by atoms with E-state index in [0.717, 1.165) is 30.3 Å². The molecule has 0 aromatic carbocycles. The highest BCUT2D eigenvalue weighted by Crippen LogP contribution is 2.42. The molecule has 2 rings (SSSR count). The Hall–Kier alpha value is -0.0400. The Morgan fingerprint density at radius 1 is 0.882 bits per heavy atom. The molecule has 3 atom stereocenters. The van der Waals surface area contributed by atoms with Crippen LogP contribution in [0.15, 0.2) is 0 Å². The van der Waals surface area contributed by atoms with Gasteiger partial charge in [-0.2, -0.15) is 0 Å². The van der Waals surface area contributed by atoms with Gasteiger partial charge in [0.05, 0.1) is 6.10 Å². The van der Waals surface area contributed by atoms with Gasteiger partial charge in [-0.25, -0.2) is 0 Å². The minimum absolute atomic E-state index is 0.554. The zero-order valence-corrected chi connectivity index (χ0v) is 12.0. The van der Waals surface area contributed by atoms with E-state index < -0.39 is 0 Å². The molecule has 0 radical (unpaired) electrons. The molecule has 1 heteroatoms. The lowest BCUT2D eigenvalue weighted by atomic mass is 9.68. The van der Waals surface area contributed by atoms with Crippen molar-refractivity contribution in [2.24, 2.45) is 23.7 Å². The average molecular weight is 238 g/mol. The second kappa shape index (κ2) is 6.22. The van der Waals surface area contributed by atoms with E-state index in [1.54, 1.807) is 0 Å². The van der Waals surface area contributed by atoms with Crippen molar-refractivity contribution in [3.8, 4) is 0 Å². The summed E-state index contributed by atoms with van der Waals surface area (Å²) < 4.78 is 5.85. The van der Waals surface area contributed by atoms with Gasteiger partial charge in [0.15, 0.2) is 0 Å². The molecule has 3 unspecified atom stereocenters. The fourth-order valence-electron chi connectivity index (χ4n) is 4.06. The van der Waals surface area contributed by atoms with E-state index in [0.29, 0.717) is 6.10 Å². The number of hydrogen-bond donors (Lipinski definition) is 0. The lowest BCUT2D eigenvalue weighted by molar-refractivity contribution is -0.0220. The molecule has 0 bridgehead atoms. The maximum atomic E-state index is 5.85. The van der Waals surface area contributed by atoms with Crippen molar-refractivity contribution >= 4 is 0 Å². The monoisotopic (exact) mass is 238 g/mol. The highest BCUT2D eigenvalue weighted by Gasteiger charge is 2.33. The lowest BCUT2D eigenvalue weighted by Crippen LogP contribution is -2.33. The number of ether oxygens (including phenoxy) is 1. The zero-order valence-electron chi connectivity index (χ0n) is 12.0. The quantitative estimate of drug-likeness (QED) is 0.695. The highest BCUT2D eigenvalue weighted by molar-refractivity contribution is 4.84. The van der Waals surface area contributed by atoms with Gasteiger partial charge in [0.2, 0.25) is 0 Å². The van der Waals surface area contributed by atoms with Crippen molar-refractivity contribution in [1.82, 2.24) is 0 Å². The van der Waals surface area contributed by atoms with Crippen LogP contribution in [-0.4, -0.2) is 12.7 Å². The largest absolute Gasteiger partial charge is 0.378 e. The van der Waals surface area contributed by atoms with Gasteiger partial charge in [-0.1, -0.05) is 26.7 Å². The van der Waals surface area contributed by atoms with Gasteiger partial charge in [0.25, 0.3) is 0 Å². The molecule has 0 N–H and O–H groups in total. The SMILES string of the molecule is CCOC1CCC(C2CCC(C)CC2)CC1C. The van der Waals surface area contributed by atoms with Crippen LogP contribution in [0.2, 0.25) is 0 Å². The van der Waals surface area contributed by atoms with Gasteiger partial charge < -0.3 is 4.74 Å². The van der Waals surface area contributed by atoms with Gasteiger partial charge in [-0.15, -0.1) is 0 Å². The molecule has 17 heavy (non-hydrogen) atoms. The van der Waals surface area contributed by atoms with Crippen molar-refractivity contribution in [2.75, 3.05) is 6.61 Å². The summed E-state index contributed by atoms with van der Waals surface area (Å²) >= 11 is 0. The zero-order chi connectivity index (χ0) is 12.3. The molecule has 2 fully saturated rings. The van der Waals surface area contributed by atoms with Crippen LogP contribution in [0.3, 0.4) is 0 Å². The lowest BCUT2D eigenvalue weighted by Gasteiger charge is -2.40. The van der Waals surface area contributed by atoms with Gasteiger partial charge in [0, 0.05) is 6.61 Å². The van der Waals surface area contributed by atoms with E-state index in [1.165, 1.54) is 44.9 Å². The smallest absolute Gasteiger partial charge is 0.0600 e. The standard InChI is InChI=1S/C16H30O/c1-4-17-16-10-9-15(11-13(16)3)14-7-5-12(2)6-8-14/h12-16H,4-11H2,1-3H3. The van der Waals surface area contributed by atoms with Crippen LogP contribution in [0.5, 0.6) is 0 Å². The highest BCUT2D eigenvalue weighted by atomic mass is 16.5. The van der Waals surface area contributed by atoms with Crippen LogP contribution in [-0.2, 0) is 4.74 Å². The summed E-state index contributed by atoms with van der Waals surface area (Å²) in [5.41, 5.74) is 0. The molecule has 0 aliphatic heterocycles. The average Bonchev–Trinajstić information content (AvgIpc) is 2.33. The Labute approximate surface area is 107 Å². The molecule has 2 aliphatic carbocycles. The van der Waals surface area contributed by atoms with Crippen LogP contribution in [0.4, 0.5) is 0 Å². The molecule has 0 aromatic rings. The molecular formula is C16H30O. The van der Waals surface area contributed by atoms with Crippen LogP contribution in [0.25, 0.3) is 0 Å². The summed E-state index contributed by atoms with van der Waals surface area (Å²) in [7, 11) is 0. The van der Waals surface area contributed by atoms with Crippen molar-refractivity contribution in [2.45, 2.75) is 71.8 Å². The maximum absolute atomic E-state index is 5.85. The van der Waals surface area contributed by atoms with Crippen LogP contribution in [0.1, 0.15) is 65.7 Å². The second-order valence-corrected chi connectivity index (χ2v) is 6.56. The van der Waals surface area contributed by atoms with Crippen LogP contribution >= 0.6 is 0 Å². The third-order valence-corrected chi connectivity index (χ3v) is 5.24. The van der Waals surface area contributed by atoms with E-state index in [2.05, 4.69) is 20.8 Å². The summed E-state index contributed by atoms with van der Waals surface area (Å²) in [6, 6.07) is 0. The van der Waals surface area contributed by atoms with Gasteiger partial charge in [-0.05, 0) is 62.7 Å². The first-order valence-corrected chi connectivity index (χ1v) is 7.82. The summed E-state index contributed by atoms with van der Waals surface area (Å²) in [5.74, 6) is 3.82. The molecule has 0 amide bonds. The van der Waals surface area contributed by atoms with E-state index in [1.807, 2.05) is 0 Å². The first kappa shape index (κ1) is 13.4. The maximum Gasteiger partial charge on any atom is 0.0600 e. The van der Waals surface area contributed by atoms with Crippen LogP contribution in [0, 0.1) is 23.7 Å². The molecule has 0 heterocycles. The third kappa shape index (κ3) is 3.47. The van der Waals surface area contributed by atoms with E-state index in [9.17, 15) is 0 Å². The molecule has 100 valence electrons.